The molecule has 1 atom stereocenters. The van der Waals surface area contributed by atoms with Gasteiger partial charge in [-0.3, -0.25) is 14.4 Å². The molecule has 1 amide bonds. The Morgan fingerprint density at radius 1 is 1.39 bits per heavy atom. The molecule has 5 nitrogen and oxygen atoms in total. The molecule has 2 fully saturated rings. The number of aryl methyl sites for hydroxylation is 1. The van der Waals surface area contributed by atoms with E-state index in [9.17, 15) is 4.79 Å². The van der Waals surface area contributed by atoms with Crippen LogP contribution in [0.1, 0.15) is 56.7 Å². The van der Waals surface area contributed by atoms with Gasteiger partial charge in [0.05, 0.1) is 11.6 Å². The number of piperidine rings is 1. The molecule has 1 aromatic rings. The molecule has 0 aromatic carbocycles. The van der Waals surface area contributed by atoms with Crippen molar-refractivity contribution in [1.82, 2.24) is 20.0 Å². The summed E-state index contributed by atoms with van der Waals surface area (Å²) in [5, 5.41) is 7.64. The van der Waals surface area contributed by atoms with Crippen molar-refractivity contribution in [2.75, 3.05) is 13.1 Å². The number of carbonyl (C=O) groups is 1. The maximum Gasteiger partial charge on any atom is 0.227 e. The molecule has 23 heavy (non-hydrogen) atoms. The van der Waals surface area contributed by atoms with Crippen LogP contribution in [-0.4, -0.2) is 39.7 Å². The Labute approximate surface area is 139 Å². The Kier molecular flexibility index (Phi) is 4.76. The third-order valence-corrected chi connectivity index (χ3v) is 5.74. The van der Waals surface area contributed by atoms with Crippen molar-refractivity contribution in [3.63, 3.8) is 0 Å². The highest BCUT2D eigenvalue weighted by Gasteiger charge is 2.38. The van der Waals surface area contributed by atoms with Crippen molar-refractivity contribution in [2.45, 2.75) is 65.0 Å². The molecule has 0 radical (unpaired) electrons. The topological polar surface area (TPSA) is 50.2 Å². The van der Waals surface area contributed by atoms with Crippen LogP contribution in [-0.2, 0) is 18.4 Å². The van der Waals surface area contributed by atoms with Gasteiger partial charge in [-0.05, 0) is 46.1 Å². The maximum atomic E-state index is 12.8. The highest BCUT2D eigenvalue weighted by Crippen LogP contribution is 2.31. The zero-order chi connectivity index (χ0) is 16.4. The summed E-state index contributed by atoms with van der Waals surface area (Å²) >= 11 is 0. The lowest BCUT2D eigenvalue weighted by Crippen LogP contribution is -2.51. The van der Waals surface area contributed by atoms with Gasteiger partial charge in [0.1, 0.15) is 0 Å². The number of hydrogen-bond acceptors (Lipinski definition) is 3. The van der Waals surface area contributed by atoms with Crippen molar-refractivity contribution in [3.8, 4) is 0 Å². The third kappa shape index (κ3) is 3.60. The van der Waals surface area contributed by atoms with Gasteiger partial charge in [-0.2, -0.15) is 5.10 Å². The van der Waals surface area contributed by atoms with Crippen molar-refractivity contribution < 1.29 is 4.79 Å². The van der Waals surface area contributed by atoms with Gasteiger partial charge in [-0.25, -0.2) is 0 Å². The van der Waals surface area contributed by atoms with E-state index in [2.05, 4.69) is 29.2 Å². The molecular weight excluding hydrogens is 288 g/mol. The Morgan fingerprint density at radius 3 is 2.78 bits per heavy atom. The summed E-state index contributed by atoms with van der Waals surface area (Å²) in [5.41, 5.74) is 2.23. The van der Waals surface area contributed by atoms with Gasteiger partial charge in [0, 0.05) is 37.4 Å². The van der Waals surface area contributed by atoms with Crippen molar-refractivity contribution in [1.29, 1.82) is 0 Å². The third-order valence-electron chi connectivity index (χ3n) is 5.74. The van der Waals surface area contributed by atoms with Crippen LogP contribution < -0.4 is 5.32 Å². The zero-order valence-electron chi connectivity index (χ0n) is 14.8. The lowest BCUT2D eigenvalue weighted by molar-refractivity contribution is -0.134. The van der Waals surface area contributed by atoms with E-state index in [0.717, 1.165) is 45.3 Å². The van der Waals surface area contributed by atoms with Gasteiger partial charge in [0.15, 0.2) is 0 Å². The molecule has 1 aromatic heterocycles. The summed E-state index contributed by atoms with van der Waals surface area (Å²) in [6.07, 6.45) is 8.87. The summed E-state index contributed by atoms with van der Waals surface area (Å²) < 4.78 is 1.92. The van der Waals surface area contributed by atoms with Gasteiger partial charge in [0.2, 0.25) is 5.91 Å². The zero-order valence-corrected chi connectivity index (χ0v) is 14.8. The molecule has 2 heterocycles. The van der Waals surface area contributed by atoms with Gasteiger partial charge in [-0.1, -0.05) is 12.8 Å². The number of likely N-dealkylation sites (tertiary alicyclic amines) is 1. The maximum absolute atomic E-state index is 12.8. The number of amides is 1. The van der Waals surface area contributed by atoms with E-state index in [1.165, 1.54) is 24.1 Å². The SMILES string of the molecule is Cc1c(CN2CCCC(C)(C(=O)NC3CCCC3)C2)cnn1C. The van der Waals surface area contributed by atoms with E-state index in [-0.39, 0.29) is 11.3 Å². The van der Waals surface area contributed by atoms with Crippen molar-refractivity contribution >= 4 is 5.91 Å². The second-order valence-electron chi connectivity index (χ2n) is 7.71. The van der Waals surface area contributed by atoms with E-state index in [1.807, 2.05) is 17.9 Å². The molecule has 0 bridgehead atoms. The number of carbonyl (C=O) groups excluding carboxylic acids is 1. The van der Waals surface area contributed by atoms with E-state index < -0.39 is 0 Å². The van der Waals surface area contributed by atoms with Crippen molar-refractivity contribution in [2.24, 2.45) is 12.5 Å². The predicted molar refractivity (Wildman–Crippen MR) is 91.0 cm³/mol. The second-order valence-corrected chi connectivity index (χ2v) is 7.71. The van der Waals surface area contributed by atoms with Gasteiger partial charge < -0.3 is 5.32 Å². The first kappa shape index (κ1) is 16.5. The smallest absolute Gasteiger partial charge is 0.227 e. The van der Waals surface area contributed by atoms with Crippen molar-refractivity contribution in [3.05, 3.63) is 17.5 Å². The van der Waals surface area contributed by atoms with Crippen LogP contribution >= 0.6 is 0 Å². The lowest BCUT2D eigenvalue weighted by atomic mass is 9.80. The fourth-order valence-electron chi connectivity index (χ4n) is 4.03. The molecule has 1 saturated carbocycles. The second kappa shape index (κ2) is 6.63. The van der Waals surface area contributed by atoms with Gasteiger partial charge >= 0.3 is 0 Å². The fourth-order valence-corrected chi connectivity index (χ4v) is 4.03. The first-order valence-corrected chi connectivity index (χ1v) is 8.99. The van der Waals surface area contributed by atoms with Gasteiger partial charge in [0.25, 0.3) is 0 Å². The standard InChI is InChI=1S/C18H30N4O/c1-14-15(11-19-21(14)3)12-22-10-6-9-18(2,13-22)17(23)20-16-7-4-5-8-16/h11,16H,4-10,12-13H2,1-3H3,(H,20,23). The minimum absolute atomic E-state index is 0.253. The van der Waals surface area contributed by atoms with Crippen LogP contribution in [0.5, 0.6) is 0 Å². The first-order chi connectivity index (χ1) is 11.0. The molecular formula is C18H30N4O. The molecule has 128 valence electrons. The number of nitrogens with zero attached hydrogens (tertiary/aromatic N) is 3. The minimum atomic E-state index is -0.253. The highest BCUT2D eigenvalue weighted by atomic mass is 16.2. The normalized spacial score (nSPS) is 26.6. The summed E-state index contributed by atoms with van der Waals surface area (Å²) in [6, 6.07) is 0.412. The number of aromatic nitrogens is 2. The van der Waals surface area contributed by atoms with Crippen LogP contribution in [0.3, 0.4) is 0 Å². The predicted octanol–water partition coefficient (Wildman–Crippen LogP) is 2.39. The average molecular weight is 318 g/mol. The van der Waals surface area contributed by atoms with E-state index in [4.69, 9.17) is 0 Å². The Balaban J connectivity index is 1.62. The molecule has 5 heteroatoms. The molecule has 1 saturated heterocycles. The summed E-state index contributed by atoms with van der Waals surface area (Å²) in [6.45, 7) is 7.06. The van der Waals surface area contributed by atoms with Gasteiger partial charge in [-0.15, -0.1) is 0 Å². The number of hydrogen-bond donors (Lipinski definition) is 1. The first-order valence-electron chi connectivity index (χ1n) is 8.99. The van der Waals surface area contributed by atoms with E-state index >= 15 is 0 Å². The van der Waals surface area contributed by atoms with E-state index in [1.54, 1.807) is 0 Å². The molecule has 1 aliphatic carbocycles. The van der Waals surface area contributed by atoms with E-state index in [0.29, 0.717) is 6.04 Å². The quantitative estimate of drug-likeness (QED) is 0.927. The summed E-state index contributed by atoms with van der Waals surface area (Å²) in [5.74, 6) is 0.261. The molecule has 1 unspecified atom stereocenters. The van der Waals surface area contributed by atoms with Crippen LogP contribution in [0.25, 0.3) is 0 Å². The Bertz CT molecular complexity index is 561. The molecule has 3 rings (SSSR count). The Hall–Kier alpha value is -1.36. The average Bonchev–Trinajstić information content (AvgIpc) is 3.13. The molecule has 1 aliphatic heterocycles. The minimum Gasteiger partial charge on any atom is -0.353 e. The summed E-state index contributed by atoms with van der Waals surface area (Å²) in [7, 11) is 1.98. The van der Waals surface area contributed by atoms with Crippen LogP contribution in [0.15, 0.2) is 6.20 Å². The molecule has 0 spiro atoms. The molecule has 2 aliphatic rings. The highest BCUT2D eigenvalue weighted by molar-refractivity contribution is 5.82. The monoisotopic (exact) mass is 318 g/mol. The summed E-state index contributed by atoms with van der Waals surface area (Å²) in [4.78, 5) is 15.2. The lowest BCUT2D eigenvalue weighted by Gasteiger charge is -2.39. The molecule has 1 N–H and O–H groups in total. The fraction of sp³-hybridized carbons (Fsp3) is 0.778. The Morgan fingerprint density at radius 2 is 2.13 bits per heavy atom. The van der Waals surface area contributed by atoms with Crippen LogP contribution in [0.2, 0.25) is 0 Å². The number of rotatable bonds is 4. The van der Waals surface area contributed by atoms with Crippen LogP contribution in [0.4, 0.5) is 0 Å². The van der Waals surface area contributed by atoms with Crippen LogP contribution in [0, 0.1) is 12.3 Å². The largest absolute Gasteiger partial charge is 0.353 e. The number of nitrogens with one attached hydrogen (secondary N) is 1.